The summed E-state index contributed by atoms with van der Waals surface area (Å²) in [5, 5.41) is 1.14. The van der Waals surface area contributed by atoms with Crippen LogP contribution in [0.1, 0.15) is 140 Å². The summed E-state index contributed by atoms with van der Waals surface area (Å²) in [6.45, 7) is 17.5. The van der Waals surface area contributed by atoms with Crippen LogP contribution < -0.4 is 10.5 Å². The molecule has 2 unspecified atom stereocenters. The summed E-state index contributed by atoms with van der Waals surface area (Å²) in [7, 11) is 0. The zero-order chi connectivity index (χ0) is 33.9. The molecule has 0 fully saturated rings. The number of nitrogens with one attached hydrogen (secondary N) is 1. The number of ketones is 1. The number of rotatable bonds is 26. The first kappa shape index (κ1) is 38.6. The number of aromatic nitrogens is 1. The quantitative estimate of drug-likeness (QED) is 0.0516. The molecule has 3 N–H and O–H groups in total. The average Bonchev–Trinajstić information content (AvgIpc) is 3.50. The van der Waals surface area contributed by atoms with E-state index in [9.17, 15) is 4.79 Å². The highest BCUT2D eigenvalue weighted by Gasteiger charge is 2.31. The number of anilines is 1. The van der Waals surface area contributed by atoms with E-state index in [0.717, 1.165) is 98.9 Å². The molecule has 1 heterocycles. The summed E-state index contributed by atoms with van der Waals surface area (Å²) >= 11 is 0. The van der Waals surface area contributed by atoms with Crippen molar-refractivity contribution >= 4 is 22.4 Å². The Labute approximate surface area is 286 Å². The lowest BCUT2D eigenvalue weighted by Gasteiger charge is -2.37. The smallest absolute Gasteiger partial charge is 0.163 e. The molecular formula is C41H66N4O2. The Morgan fingerprint density at radius 1 is 0.745 bits per heavy atom. The molecule has 6 heteroatoms. The fraction of sp³-hybridized carbons (Fsp3) is 0.634. The van der Waals surface area contributed by atoms with E-state index in [1.807, 2.05) is 30.3 Å². The molecule has 2 atom stereocenters. The molecule has 262 valence electrons. The number of nitrogens with zero attached hydrogens (tertiary/aromatic N) is 2. The van der Waals surface area contributed by atoms with Crippen molar-refractivity contribution in [1.82, 2.24) is 14.8 Å². The standard InChI is InChI=1S/C41H66N4O2/c1-6-11-17-34(41(45(27-14-9-4)28-15-10-5)39-31-35-30-36(42)20-23-38(35)43-39)32-40(46)33-18-21-37(22-19-33)47-29-16-26-44(24-12-7-2)25-13-8-3/h18-23,30-31,34,41,43H,6-17,24-29,32,42H2,1-5H3. The van der Waals surface area contributed by atoms with Crippen molar-refractivity contribution in [3.05, 3.63) is 59.8 Å². The fourth-order valence-corrected chi connectivity index (χ4v) is 6.70. The van der Waals surface area contributed by atoms with Crippen molar-refractivity contribution in [2.45, 2.75) is 124 Å². The number of H-pyrrole nitrogens is 1. The molecule has 2 aromatic carbocycles. The maximum Gasteiger partial charge on any atom is 0.163 e. The summed E-state index contributed by atoms with van der Waals surface area (Å²) in [5.74, 6) is 1.27. The summed E-state index contributed by atoms with van der Waals surface area (Å²) in [5.41, 5.74) is 10.0. The van der Waals surface area contributed by atoms with Gasteiger partial charge in [0.1, 0.15) is 5.75 Å². The lowest BCUT2D eigenvalue weighted by atomic mass is 9.84. The Bertz CT molecular complexity index is 1250. The third kappa shape index (κ3) is 12.9. The Morgan fingerprint density at radius 3 is 1.96 bits per heavy atom. The van der Waals surface area contributed by atoms with Gasteiger partial charge in [-0.05, 0) is 119 Å². The molecule has 0 radical (unpaired) electrons. The predicted molar refractivity (Wildman–Crippen MR) is 202 cm³/mol. The number of hydrogen-bond acceptors (Lipinski definition) is 5. The lowest BCUT2D eigenvalue weighted by molar-refractivity contribution is 0.0855. The first-order valence-electron chi connectivity index (χ1n) is 19.0. The predicted octanol–water partition coefficient (Wildman–Crippen LogP) is 10.4. The topological polar surface area (TPSA) is 74.6 Å². The normalized spacial score (nSPS) is 13.1. The van der Waals surface area contributed by atoms with Crippen LogP contribution >= 0.6 is 0 Å². The number of ether oxygens (including phenoxy) is 1. The lowest BCUT2D eigenvalue weighted by Crippen LogP contribution is -2.36. The first-order valence-corrected chi connectivity index (χ1v) is 19.0. The zero-order valence-corrected chi connectivity index (χ0v) is 30.5. The molecule has 0 aliphatic carbocycles. The molecular weight excluding hydrogens is 580 g/mol. The van der Waals surface area contributed by atoms with Gasteiger partial charge in [0.15, 0.2) is 5.78 Å². The van der Waals surface area contributed by atoms with Gasteiger partial charge in [0.25, 0.3) is 0 Å². The monoisotopic (exact) mass is 647 g/mol. The third-order valence-electron chi connectivity index (χ3n) is 9.52. The van der Waals surface area contributed by atoms with Crippen LogP contribution in [-0.2, 0) is 0 Å². The molecule has 0 aliphatic rings. The Hall–Kier alpha value is -2.83. The van der Waals surface area contributed by atoms with Crippen LogP contribution in [0.15, 0.2) is 48.5 Å². The van der Waals surface area contributed by atoms with Crippen LogP contribution in [-0.4, -0.2) is 59.9 Å². The van der Waals surface area contributed by atoms with Gasteiger partial charge in [0, 0.05) is 40.8 Å². The number of benzene rings is 2. The second-order valence-corrected chi connectivity index (χ2v) is 13.6. The molecule has 0 aliphatic heterocycles. The van der Waals surface area contributed by atoms with Gasteiger partial charge in [-0.25, -0.2) is 0 Å². The highest BCUT2D eigenvalue weighted by atomic mass is 16.5. The molecule has 0 amide bonds. The van der Waals surface area contributed by atoms with E-state index >= 15 is 0 Å². The Kier molecular flexibility index (Phi) is 18.0. The summed E-state index contributed by atoms with van der Waals surface area (Å²) in [4.78, 5) is 23.0. The number of aromatic amines is 1. The van der Waals surface area contributed by atoms with E-state index in [2.05, 4.69) is 67.6 Å². The number of unbranched alkanes of at least 4 members (excludes halogenated alkanes) is 5. The minimum absolute atomic E-state index is 0.147. The maximum atomic E-state index is 13.9. The van der Waals surface area contributed by atoms with Crippen molar-refractivity contribution in [3.8, 4) is 5.75 Å². The highest BCUT2D eigenvalue weighted by molar-refractivity contribution is 5.96. The minimum Gasteiger partial charge on any atom is -0.494 e. The van der Waals surface area contributed by atoms with E-state index in [0.29, 0.717) is 13.0 Å². The molecule has 6 nitrogen and oxygen atoms in total. The Balaban J connectivity index is 1.75. The second kappa shape index (κ2) is 21.9. The number of Topliss-reactive ketones (excluding diaryl/α,β-unsaturated/α-hetero) is 1. The van der Waals surface area contributed by atoms with Crippen LogP contribution in [0.25, 0.3) is 10.9 Å². The van der Waals surface area contributed by atoms with Gasteiger partial charge in [-0.3, -0.25) is 9.69 Å². The molecule has 0 spiro atoms. The van der Waals surface area contributed by atoms with Crippen LogP contribution in [0.4, 0.5) is 5.69 Å². The van der Waals surface area contributed by atoms with E-state index in [-0.39, 0.29) is 17.7 Å². The number of nitrogen functional groups attached to an aromatic ring is 1. The van der Waals surface area contributed by atoms with Crippen molar-refractivity contribution in [1.29, 1.82) is 0 Å². The van der Waals surface area contributed by atoms with Gasteiger partial charge in [-0.1, -0.05) is 73.1 Å². The van der Waals surface area contributed by atoms with Crippen LogP contribution in [0.5, 0.6) is 5.75 Å². The number of carbonyl (C=O) groups is 1. The third-order valence-corrected chi connectivity index (χ3v) is 9.52. The number of carbonyl (C=O) groups excluding carboxylic acids is 1. The average molecular weight is 647 g/mol. The van der Waals surface area contributed by atoms with Crippen molar-refractivity contribution in [3.63, 3.8) is 0 Å². The van der Waals surface area contributed by atoms with Gasteiger partial charge < -0.3 is 20.4 Å². The molecule has 0 bridgehead atoms. The number of fused-ring (bicyclic) bond motifs is 1. The summed E-state index contributed by atoms with van der Waals surface area (Å²) < 4.78 is 6.12. The van der Waals surface area contributed by atoms with Gasteiger partial charge in [-0.15, -0.1) is 0 Å². The fourth-order valence-electron chi connectivity index (χ4n) is 6.70. The van der Waals surface area contributed by atoms with Crippen LogP contribution in [0.3, 0.4) is 0 Å². The molecule has 0 saturated heterocycles. The molecule has 1 aromatic heterocycles. The summed E-state index contributed by atoms with van der Waals surface area (Å²) in [6, 6.07) is 16.4. The minimum atomic E-state index is 0.147. The van der Waals surface area contributed by atoms with Gasteiger partial charge >= 0.3 is 0 Å². The molecule has 3 aromatic rings. The summed E-state index contributed by atoms with van der Waals surface area (Å²) in [6.07, 6.45) is 14.4. The highest BCUT2D eigenvalue weighted by Crippen LogP contribution is 2.37. The zero-order valence-electron chi connectivity index (χ0n) is 30.5. The molecule has 3 rings (SSSR count). The van der Waals surface area contributed by atoms with Gasteiger partial charge in [-0.2, -0.15) is 0 Å². The molecule has 0 saturated carbocycles. The van der Waals surface area contributed by atoms with Crippen LogP contribution in [0.2, 0.25) is 0 Å². The van der Waals surface area contributed by atoms with Crippen molar-refractivity contribution in [2.75, 3.05) is 45.1 Å². The number of hydrogen-bond donors (Lipinski definition) is 2. The van der Waals surface area contributed by atoms with E-state index in [1.165, 1.54) is 44.5 Å². The number of nitrogens with two attached hydrogens (primary N) is 1. The van der Waals surface area contributed by atoms with Gasteiger partial charge in [0.2, 0.25) is 0 Å². The van der Waals surface area contributed by atoms with E-state index in [1.54, 1.807) is 0 Å². The maximum absolute atomic E-state index is 13.9. The molecule has 47 heavy (non-hydrogen) atoms. The van der Waals surface area contributed by atoms with Crippen molar-refractivity contribution in [2.24, 2.45) is 5.92 Å². The first-order chi connectivity index (χ1) is 22.9. The Morgan fingerprint density at radius 2 is 1.34 bits per heavy atom. The largest absolute Gasteiger partial charge is 0.494 e. The van der Waals surface area contributed by atoms with E-state index in [4.69, 9.17) is 10.5 Å². The van der Waals surface area contributed by atoms with Crippen molar-refractivity contribution < 1.29 is 9.53 Å². The SMILES string of the molecule is CCCCC(CC(=O)c1ccc(OCCCN(CCCC)CCCC)cc1)C(c1cc2cc(N)ccc2[nH]1)N(CCCC)CCCC. The van der Waals surface area contributed by atoms with Gasteiger partial charge in [0.05, 0.1) is 12.6 Å². The second-order valence-electron chi connectivity index (χ2n) is 13.6. The van der Waals surface area contributed by atoms with E-state index < -0.39 is 0 Å². The van der Waals surface area contributed by atoms with Crippen LogP contribution in [0, 0.1) is 5.92 Å².